The molecule has 0 unspecified atom stereocenters. The lowest BCUT2D eigenvalue weighted by Crippen LogP contribution is -2.38. The lowest BCUT2D eigenvalue weighted by atomic mass is 9.92. The number of amides is 1. The molecule has 1 aliphatic rings. The Morgan fingerprint density at radius 2 is 2.31 bits per heavy atom. The summed E-state index contributed by atoms with van der Waals surface area (Å²) in [4.78, 5) is 13.8. The first-order valence-electron chi connectivity index (χ1n) is 5.96. The fourth-order valence-corrected chi connectivity index (χ4v) is 2.30. The molecule has 0 aliphatic carbocycles. The monoisotopic (exact) mass is 222 g/mol. The first-order chi connectivity index (χ1) is 7.81. The van der Waals surface area contributed by atoms with Crippen LogP contribution in [0.3, 0.4) is 0 Å². The maximum absolute atomic E-state index is 11.9. The van der Waals surface area contributed by atoms with Crippen molar-refractivity contribution in [2.45, 2.75) is 32.6 Å². The van der Waals surface area contributed by atoms with E-state index in [1.54, 1.807) is 0 Å². The van der Waals surface area contributed by atoms with Crippen molar-refractivity contribution in [3.8, 4) is 0 Å². The Morgan fingerprint density at radius 3 is 2.88 bits per heavy atom. The highest BCUT2D eigenvalue weighted by atomic mass is 16.2. The van der Waals surface area contributed by atoms with Gasteiger partial charge in [0.2, 0.25) is 0 Å². The smallest absolute Gasteiger partial charge is 0.276 e. The number of hydrogen-bond acceptors (Lipinski definition) is 3. The normalized spacial score (nSPS) is 17.7. The van der Waals surface area contributed by atoms with Crippen LogP contribution in [0.15, 0.2) is 6.20 Å². The van der Waals surface area contributed by atoms with Gasteiger partial charge in [0, 0.05) is 13.1 Å². The Labute approximate surface area is 95.2 Å². The Bertz CT molecular complexity index is 328. The van der Waals surface area contributed by atoms with Gasteiger partial charge in [0.05, 0.1) is 6.20 Å². The van der Waals surface area contributed by atoms with Crippen molar-refractivity contribution in [3.05, 3.63) is 11.9 Å². The molecule has 1 fully saturated rings. The average Bonchev–Trinajstić information content (AvgIpc) is 2.83. The van der Waals surface area contributed by atoms with Gasteiger partial charge in [-0.3, -0.25) is 4.79 Å². The van der Waals surface area contributed by atoms with Crippen LogP contribution >= 0.6 is 0 Å². The fourth-order valence-electron chi connectivity index (χ4n) is 2.30. The SMILES string of the molecule is CCCC1CCN(C(=O)c2cn[nH]n2)CC1. The van der Waals surface area contributed by atoms with Crippen LogP contribution in [0.4, 0.5) is 0 Å². The molecular weight excluding hydrogens is 204 g/mol. The Balaban J connectivity index is 1.87. The number of hydrogen-bond donors (Lipinski definition) is 1. The maximum Gasteiger partial charge on any atom is 0.276 e. The lowest BCUT2D eigenvalue weighted by Gasteiger charge is -2.31. The van der Waals surface area contributed by atoms with Gasteiger partial charge in [-0.2, -0.15) is 15.4 Å². The maximum atomic E-state index is 11.9. The molecule has 16 heavy (non-hydrogen) atoms. The number of H-pyrrole nitrogens is 1. The van der Waals surface area contributed by atoms with Crippen molar-refractivity contribution in [1.29, 1.82) is 0 Å². The summed E-state index contributed by atoms with van der Waals surface area (Å²) in [5, 5.41) is 9.95. The zero-order chi connectivity index (χ0) is 11.4. The Hall–Kier alpha value is -1.39. The third-order valence-corrected chi connectivity index (χ3v) is 3.23. The summed E-state index contributed by atoms with van der Waals surface area (Å²) in [6.45, 7) is 3.93. The van der Waals surface area contributed by atoms with Crippen LogP contribution < -0.4 is 0 Å². The molecule has 0 bridgehead atoms. The summed E-state index contributed by atoms with van der Waals surface area (Å²) in [6.07, 6.45) is 6.25. The van der Waals surface area contributed by atoms with Crippen molar-refractivity contribution < 1.29 is 4.79 Å². The van der Waals surface area contributed by atoms with E-state index in [9.17, 15) is 4.79 Å². The van der Waals surface area contributed by atoms with E-state index < -0.39 is 0 Å². The molecule has 1 amide bonds. The fraction of sp³-hybridized carbons (Fsp3) is 0.727. The average molecular weight is 222 g/mol. The number of carbonyl (C=O) groups excluding carboxylic acids is 1. The van der Waals surface area contributed by atoms with Crippen LogP contribution in [0.1, 0.15) is 43.1 Å². The first kappa shape index (κ1) is 11.1. The number of aromatic amines is 1. The van der Waals surface area contributed by atoms with Crippen molar-refractivity contribution >= 4 is 5.91 Å². The molecule has 0 radical (unpaired) electrons. The lowest BCUT2D eigenvalue weighted by molar-refractivity contribution is 0.0680. The second-order valence-electron chi connectivity index (χ2n) is 4.38. The number of nitrogens with zero attached hydrogens (tertiary/aromatic N) is 3. The standard InChI is InChI=1S/C11H18N4O/c1-2-3-9-4-6-15(7-5-9)11(16)10-8-12-14-13-10/h8-9H,2-7H2,1H3,(H,12,13,14). The van der Waals surface area contributed by atoms with Crippen LogP contribution in [0.2, 0.25) is 0 Å². The highest BCUT2D eigenvalue weighted by Crippen LogP contribution is 2.22. The molecule has 1 aromatic heterocycles. The summed E-state index contributed by atoms with van der Waals surface area (Å²) in [5.41, 5.74) is 0.425. The highest BCUT2D eigenvalue weighted by molar-refractivity contribution is 5.91. The van der Waals surface area contributed by atoms with Crippen LogP contribution in [-0.2, 0) is 0 Å². The van der Waals surface area contributed by atoms with Gasteiger partial charge in [-0.1, -0.05) is 19.8 Å². The predicted molar refractivity (Wildman–Crippen MR) is 59.9 cm³/mol. The third-order valence-electron chi connectivity index (χ3n) is 3.23. The van der Waals surface area contributed by atoms with E-state index >= 15 is 0 Å². The second-order valence-corrected chi connectivity index (χ2v) is 4.38. The largest absolute Gasteiger partial charge is 0.337 e. The summed E-state index contributed by atoms with van der Waals surface area (Å²) in [5.74, 6) is 0.801. The van der Waals surface area contributed by atoms with E-state index in [1.165, 1.54) is 19.0 Å². The third kappa shape index (κ3) is 2.40. The highest BCUT2D eigenvalue weighted by Gasteiger charge is 2.24. The molecule has 5 heteroatoms. The number of aromatic nitrogens is 3. The van der Waals surface area contributed by atoms with E-state index in [1.807, 2.05) is 4.90 Å². The van der Waals surface area contributed by atoms with Gasteiger partial charge in [-0.15, -0.1) is 0 Å². The number of carbonyl (C=O) groups is 1. The van der Waals surface area contributed by atoms with E-state index in [0.717, 1.165) is 31.8 Å². The number of rotatable bonds is 3. The summed E-state index contributed by atoms with van der Waals surface area (Å²) < 4.78 is 0. The van der Waals surface area contributed by atoms with Crippen molar-refractivity contribution in [2.75, 3.05) is 13.1 Å². The van der Waals surface area contributed by atoms with Gasteiger partial charge in [0.1, 0.15) is 0 Å². The molecule has 1 saturated heterocycles. The van der Waals surface area contributed by atoms with E-state index in [-0.39, 0.29) is 5.91 Å². The zero-order valence-electron chi connectivity index (χ0n) is 9.65. The van der Waals surface area contributed by atoms with E-state index in [4.69, 9.17) is 0 Å². The van der Waals surface area contributed by atoms with Crippen molar-refractivity contribution in [1.82, 2.24) is 20.3 Å². The van der Waals surface area contributed by atoms with Gasteiger partial charge in [-0.05, 0) is 18.8 Å². The molecule has 1 aliphatic heterocycles. The van der Waals surface area contributed by atoms with Gasteiger partial charge >= 0.3 is 0 Å². The van der Waals surface area contributed by atoms with Crippen molar-refractivity contribution in [2.24, 2.45) is 5.92 Å². The second kappa shape index (κ2) is 5.09. The number of piperidine rings is 1. The van der Waals surface area contributed by atoms with Crippen LogP contribution in [-0.4, -0.2) is 39.3 Å². The summed E-state index contributed by atoms with van der Waals surface area (Å²) in [6, 6.07) is 0. The van der Waals surface area contributed by atoms with Crippen LogP contribution in [0, 0.1) is 5.92 Å². The van der Waals surface area contributed by atoms with Gasteiger partial charge < -0.3 is 4.90 Å². The van der Waals surface area contributed by atoms with Crippen molar-refractivity contribution in [3.63, 3.8) is 0 Å². The molecule has 2 rings (SSSR count). The molecule has 2 heterocycles. The summed E-state index contributed by atoms with van der Waals surface area (Å²) in [7, 11) is 0. The molecule has 1 N–H and O–H groups in total. The molecule has 5 nitrogen and oxygen atoms in total. The molecule has 0 saturated carbocycles. The first-order valence-corrected chi connectivity index (χ1v) is 5.96. The topological polar surface area (TPSA) is 61.9 Å². The van der Waals surface area contributed by atoms with E-state index in [2.05, 4.69) is 22.3 Å². The minimum atomic E-state index is 0.00342. The molecule has 88 valence electrons. The predicted octanol–water partition coefficient (Wildman–Crippen LogP) is 1.46. The van der Waals surface area contributed by atoms with Crippen LogP contribution in [0.25, 0.3) is 0 Å². The molecule has 0 spiro atoms. The number of nitrogens with one attached hydrogen (secondary N) is 1. The van der Waals surface area contributed by atoms with Gasteiger partial charge in [0.25, 0.3) is 5.91 Å². The van der Waals surface area contributed by atoms with Gasteiger partial charge in [-0.25, -0.2) is 0 Å². The van der Waals surface area contributed by atoms with E-state index in [0.29, 0.717) is 5.69 Å². The molecule has 0 atom stereocenters. The Morgan fingerprint density at radius 1 is 1.56 bits per heavy atom. The van der Waals surface area contributed by atoms with Crippen LogP contribution in [0.5, 0.6) is 0 Å². The summed E-state index contributed by atoms with van der Waals surface area (Å²) >= 11 is 0. The minimum Gasteiger partial charge on any atom is -0.337 e. The molecule has 0 aromatic carbocycles. The number of likely N-dealkylation sites (tertiary alicyclic amines) is 1. The molecular formula is C11H18N4O. The zero-order valence-corrected chi connectivity index (χ0v) is 9.65. The Kier molecular flexibility index (Phi) is 3.54. The molecule has 1 aromatic rings. The minimum absolute atomic E-state index is 0.00342. The quantitative estimate of drug-likeness (QED) is 0.842. The van der Waals surface area contributed by atoms with Gasteiger partial charge in [0.15, 0.2) is 5.69 Å².